The molecule has 3 aromatic heterocycles. The van der Waals surface area contributed by atoms with Crippen LogP contribution in [0.5, 0.6) is 5.75 Å². The van der Waals surface area contributed by atoms with Crippen molar-refractivity contribution >= 4 is 16.7 Å². The molecular weight excluding hydrogens is 416 g/mol. The van der Waals surface area contributed by atoms with Gasteiger partial charge in [0.15, 0.2) is 11.6 Å². The number of ether oxygens (including phenoxy) is 1. The lowest BCUT2D eigenvalue weighted by molar-refractivity contribution is 0.0909. The fourth-order valence-electron chi connectivity index (χ4n) is 5.13. The van der Waals surface area contributed by atoms with Gasteiger partial charge in [-0.05, 0) is 82.4 Å². The summed E-state index contributed by atoms with van der Waals surface area (Å²) in [4.78, 5) is 18.8. The second-order valence-electron chi connectivity index (χ2n) is 9.05. The average Bonchev–Trinajstić information content (AvgIpc) is 3.50. The zero-order valence-electron chi connectivity index (χ0n) is 19.6. The Morgan fingerprint density at radius 1 is 1.18 bits per heavy atom. The fourth-order valence-corrected chi connectivity index (χ4v) is 5.13. The van der Waals surface area contributed by atoms with Gasteiger partial charge < -0.3 is 14.2 Å². The van der Waals surface area contributed by atoms with E-state index >= 15 is 0 Å². The molecule has 4 aromatic rings. The first-order valence-corrected chi connectivity index (χ1v) is 11.5. The molecule has 1 aliphatic rings. The van der Waals surface area contributed by atoms with Crippen LogP contribution in [0.3, 0.4) is 0 Å². The number of nitrogens with zero attached hydrogens (tertiary/aromatic N) is 3. The molecule has 1 aromatic carbocycles. The van der Waals surface area contributed by atoms with Crippen molar-refractivity contribution in [3.8, 4) is 11.6 Å². The second-order valence-corrected chi connectivity index (χ2v) is 9.05. The average molecular weight is 447 g/mol. The van der Waals surface area contributed by atoms with Crippen molar-refractivity contribution in [2.24, 2.45) is 0 Å². The Morgan fingerprint density at radius 3 is 2.67 bits per heavy atom. The van der Waals surface area contributed by atoms with E-state index in [-0.39, 0.29) is 5.78 Å². The van der Waals surface area contributed by atoms with Crippen molar-refractivity contribution in [3.05, 3.63) is 64.8 Å². The molecule has 5 rings (SSSR count). The SMILES string of the molecule is COc1ccc2[nH]cc(C3CCN(CC(=O)c4cc(C)n(-c5cc(C)on5)c4C)CC3)c2c1. The van der Waals surface area contributed by atoms with E-state index in [1.165, 1.54) is 10.9 Å². The molecule has 4 heterocycles. The number of aromatic nitrogens is 3. The molecule has 0 spiro atoms. The molecule has 33 heavy (non-hydrogen) atoms. The molecule has 7 nitrogen and oxygen atoms in total. The van der Waals surface area contributed by atoms with E-state index in [2.05, 4.69) is 33.4 Å². The molecule has 1 fully saturated rings. The largest absolute Gasteiger partial charge is 0.497 e. The van der Waals surface area contributed by atoms with E-state index in [9.17, 15) is 4.79 Å². The Bertz CT molecular complexity index is 1300. The molecule has 7 heteroatoms. The zero-order valence-corrected chi connectivity index (χ0v) is 19.6. The second kappa shape index (κ2) is 8.56. The number of H-pyrrole nitrogens is 1. The van der Waals surface area contributed by atoms with Gasteiger partial charge in [0.2, 0.25) is 0 Å². The number of nitrogens with one attached hydrogen (secondary N) is 1. The highest BCUT2D eigenvalue weighted by Gasteiger charge is 2.26. The number of carbonyl (C=O) groups excluding carboxylic acids is 1. The van der Waals surface area contributed by atoms with Gasteiger partial charge in [0.1, 0.15) is 11.5 Å². The predicted molar refractivity (Wildman–Crippen MR) is 128 cm³/mol. The minimum absolute atomic E-state index is 0.157. The van der Waals surface area contributed by atoms with Crippen molar-refractivity contribution in [2.75, 3.05) is 26.7 Å². The maximum Gasteiger partial charge on any atom is 0.180 e. The standard InChI is InChI=1S/C26H30N4O3/c1-16-11-21(18(3)30(16)26-12-17(2)33-28-26)25(31)15-29-9-7-19(8-10-29)23-14-27-24-6-5-20(32-4)13-22(23)24/h5-6,11-14,19,27H,7-10,15H2,1-4H3. The minimum atomic E-state index is 0.157. The monoisotopic (exact) mass is 446 g/mol. The number of ketones is 1. The molecular formula is C26H30N4O3. The smallest absolute Gasteiger partial charge is 0.180 e. The zero-order chi connectivity index (χ0) is 23.1. The third-order valence-electron chi connectivity index (χ3n) is 6.89. The first-order valence-electron chi connectivity index (χ1n) is 11.5. The summed E-state index contributed by atoms with van der Waals surface area (Å²) in [7, 11) is 1.70. The topological polar surface area (TPSA) is 76.3 Å². The summed E-state index contributed by atoms with van der Waals surface area (Å²) < 4.78 is 12.6. The highest BCUT2D eigenvalue weighted by molar-refractivity contribution is 5.99. The summed E-state index contributed by atoms with van der Waals surface area (Å²) in [5, 5.41) is 5.35. The van der Waals surface area contributed by atoms with Crippen LogP contribution in [0.15, 0.2) is 41.1 Å². The number of aromatic amines is 1. The number of piperidine rings is 1. The van der Waals surface area contributed by atoms with E-state index in [1.807, 2.05) is 43.5 Å². The molecule has 0 bridgehead atoms. The van der Waals surface area contributed by atoms with Gasteiger partial charge in [-0.3, -0.25) is 14.3 Å². The number of hydrogen-bond acceptors (Lipinski definition) is 5. The van der Waals surface area contributed by atoms with Crippen molar-refractivity contribution in [2.45, 2.75) is 39.5 Å². The van der Waals surface area contributed by atoms with Gasteiger partial charge in [-0.1, -0.05) is 5.16 Å². The number of likely N-dealkylation sites (tertiary alicyclic amines) is 1. The van der Waals surface area contributed by atoms with Gasteiger partial charge in [-0.15, -0.1) is 0 Å². The van der Waals surface area contributed by atoms with Crippen LogP contribution >= 0.6 is 0 Å². The highest BCUT2D eigenvalue weighted by atomic mass is 16.5. The Labute approximate surface area is 193 Å². The van der Waals surface area contributed by atoms with E-state index in [0.29, 0.717) is 12.5 Å². The number of benzene rings is 1. The van der Waals surface area contributed by atoms with Crippen LogP contribution in [0.25, 0.3) is 16.7 Å². The maximum atomic E-state index is 13.2. The number of hydrogen-bond donors (Lipinski definition) is 1. The van der Waals surface area contributed by atoms with Crippen molar-refractivity contribution in [1.29, 1.82) is 0 Å². The van der Waals surface area contributed by atoms with Crippen LogP contribution in [-0.2, 0) is 0 Å². The van der Waals surface area contributed by atoms with E-state index in [0.717, 1.165) is 65.7 Å². The Balaban J connectivity index is 1.26. The Kier molecular flexibility index (Phi) is 5.58. The van der Waals surface area contributed by atoms with Gasteiger partial charge in [-0.2, -0.15) is 0 Å². The highest BCUT2D eigenvalue weighted by Crippen LogP contribution is 2.34. The summed E-state index contributed by atoms with van der Waals surface area (Å²) in [6.45, 7) is 8.10. The third-order valence-corrected chi connectivity index (χ3v) is 6.89. The van der Waals surface area contributed by atoms with Crippen LogP contribution in [0.4, 0.5) is 0 Å². The summed E-state index contributed by atoms with van der Waals surface area (Å²) in [6.07, 6.45) is 4.21. The lowest BCUT2D eigenvalue weighted by atomic mass is 9.89. The number of rotatable bonds is 6. The van der Waals surface area contributed by atoms with Crippen molar-refractivity contribution < 1.29 is 14.1 Å². The summed E-state index contributed by atoms with van der Waals surface area (Å²) in [5.74, 6) is 2.99. The van der Waals surface area contributed by atoms with Crippen LogP contribution in [0.1, 0.15) is 51.8 Å². The maximum absolute atomic E-state index is 13.2. The van der Waals surface area contributed by atoms with E-state index in [4.69, 9.17) is 9.26 Å². The van der Waals surface area contributed by atoms with Crippen molar-refractivity contribution in [3.63, 3.8) is 0 Å². The third kappa shape index (κ3) is 3.97. The number of carbonyl (C=O) groups is 1. The molecule has 1 aliphatic heterocycles. The lowest BCUT2D eigenvalue weighted by Crippen LogP contribution is -2.36. The molecule has 172 valence electrons. The number of Topliss-reactive ketones (excluding diaryl/α,β-unsaturated/α-hetero) is 1. The fraction of sp³-hybridized carbons (Fsp3) is 0.385. The molecule has 0 unspecified atom stereocenters. The van der Waals surface area contributed by atoms with E-state index in [1.54, 1.807) is 7.11 Å². The minimum Gasteiger partial charge on any atom is -0.497 e. The first kappa shape index (κ1) is 21.5. The van der Waals surface area contributed by atoms with Gasteiger partial charge in [0.25, 0.3) is 0 Å². The van der Waals surface area contributed by atoms with E-state index < -0.39 is 0 Å². The molecule has 0 atom stereocenters. The van der Waals surface area contributed by atoms with Crippen LogP contribution in [-0.4, -0.2) is 52.1 Å². The molecule has 0 aliphatic carbocycles. The quantitative estimate of drug-likeness (QED) is 0.425. The van der Waals surface area contributed by atoms with Gasteiger partial charge in [0, 0.05) is 40.1 Å². The number of methoxy groups -OCH3 is 1. The summed E-state index contributed by atoms with van der Waals surface area (Å²) in [6, 6.07) is 10.0. The van der Waals surface area contributed by atoms with Gasteiger partial charge in [-0.25, -0.2) is 0 Å². The van der Waals surface area contributed by atoms with Crippen LogP contribution in [0, 0.1) is 20.8 Å². The molecule has 1 saturated heterocycles. The number of fused-ring (bicyclic) bond motifs is 1. The van der Waals surface area contributed by atoms with Gasteiger partial charge >= 0.3 is 0 Å². The molecule has 1 N–H and O–H groups in total. The first-order chi connectivity index (χ1) is 15.9. The Morgan fingerprint density at radius 2 is 1.97 bits per heavy atom. The predicted octanol–water partition coefficient (Wildman–Crippen LogP) is 4.94. The molecule has 0 saturated carbocycles. The van der Waals surface area contributed by atoms with Crippen LogP contribution < -0.4 is 4.74 Å². The Hall–Kier alpha value is -3.32. The summed E-state index contributed by atoms with van der Waals surface area (Å²) in [5.41, 5.74) is 5.15. The lowest BCUT2D eigenvalue weighted by Gasteiger charge is -2.31. The molecule has 0 radical (unpaired) electrons. The molecule has 0 amide bonds. The van der Waals surface area contributed by atoms with Crippen molar-refractivity contribution in [1.82, 2.24) is 19.6 Å². The van der Waals surface area contributed by atoms with Gasteiger partial charge in [0.05, 0.1) is 13.7 Å². The van der Waals surface area contributed by atoms with Crippen LogP contribution in [0.2, 0.25) is 0 Å². The normalized spacial score (nSPS) is 15.4. The summed E-state index contributed by atoms with van der Waals surface area (Å²) >= 11 is 0. The number of aryl methyl sites for hydroxylation is 2.